The van der Waals surface area contributed by atoms with E-state index in [4.69, 9.17) is 16.3 Å². The minimum Gasteiger partial charge on any atom is -0.378 e. The number of nitrogens with zero attached hydrogens (tertiary/aromatic N) is 4. The molecule has 5 nitrogen and oxygen atoms in total. The zero-order valence-corrected chi connectivity index (χ0v) is 14.9. The van der Waals surface area contributed by atoms with Gasteiger partial charge in [-0.15, -0.1) is 0 Å². The molecule has 0 unspecified atom stereocenters. The van der Waals surface area contributed by atoms with Crippen molar-refractivity contribution in [3.8, 4) is 0 Å². The zero-order valence-electron chi connectivity index (χ0n) is 14.1. The van der Waals surface area contributed by atoms with Gasteiger partial charge >= 0.3 is 6.18 Å². The number of aromatic nitrogens is 2. The van der Waals surface area contributed by atoms with Crippen LogP contribution in [-0.2, 0) is 17.5 Å². The Morgan fingerprint density at radius 1 is 1.08 bits per heavy atom. The fourth-order valence-electron chi connectivity index (χ4n) is 2.86. The second kappa shape index (κ2) is 7.67. The molecule has 26 heavy (non-hydrogen) atoms. The van der Waals surface area contributed by atoms with Gasteiger partial charge in [0.15, 0.2) is 0 Å². The first-order valence-electron chi connectivity index (χ1n) is 8.06. The van der Waals surface area contributed by atoms with Crippen LogP contribution >= 0.6 is 11.6 Å². The fraction of sp³-hybridized carbons (Fsp3) is 0.412. The van der Waals surface area contributed by atoms with Gasteiger partial charge in [-0.1, -0.05) is 17.7 Å². The number of rotatable bonds is 4. The molecule has 0 aliphatic carbocycles. The molecule has 1 aliphatic rings. The van der Waals surface area contributed by atoms with Gasteiger partial charge in [0.25, 0.3) is 0 Å². The van der Waals surface area contributed by atoms with E-state index >= 15 is 0 Å². The summed E-state index contributed by atoms with van der Waals surface area (Å²) in [7, 11) is 1.57. The van der Waals surface area contributed by atoms with Gasteiger partial charge in [0.2, 0.25) is 5.95 Å². The summed E-state index contributed by atoms with van der Waals surface area (Å²) in [6.07, 6.45) is -4.34. The van der Waals surface area contributed by atoms with Gasteiger partial charge in [-0.2, -0.15) is 13.2 Å². The number of anilines is 2. The highest BCUT2D eigenvalue weighted by Crippen LogP contribution is 2.32. The third kappa shape index (κ3) is 4.37. The molecule has 1 aromatic carbocycles. The van der Waals surface area contributed by atoms with Crippen LogP contribution in [0.5, 0.6) is 0 Å². The quantitative estimate of drug-likeness (QED) is 0.751. The molecule has 0 N–H and O–H groups in total. The molecular formula is C17H18ClF3N4O. The van der Waals surface area contributed by atoms with Crippen LogP contribution < -0.4 is 9.80 Å². The Morgan fingerprint density at radius 3 is 2.42 bits per heavy atom. The number of hydrogen-bond donors (Lipinski definition) is 0. The molecule has 2 heterocycles. The predicted octanol–water partition coefficient (Wildman–Crippen LogP) is 3.62. The number of benzene rings is 1. The second-order valence-electron chi connectivity index (χ2n) is 5.94. The molecule has 2 aromatic rings. The Labute approximate surface area is 154 Å². The lowest BCUT2D eigenvalue weighted by molar-refractivity contribution is -0.137. The normalized spacial score (nSPS) is 15.4. The molecule has 0 atom stereocenters. The Balaban J connectivity index is 1.70. The van der Waals surface area contributed by atoms with Crippen molar-refractivity contribution >= 4 is 23.2 Å². The summed E-state index contributed by atoms with van der Waals surface area (Å²) in [6, 6.07) is 7.03. The van der Waals surface area contributed by atoms with E-state index in [2.05, 4.69) is 9.97 Å². The van der Waals surface area contributed by atoms with E-state index in [9.17, 15) is 13.2 Å². The molecule has 1 aromatic heterocycles. The van der Waals surface area contributed by atoms with Gasteiger partial charge in [0, 0.05) is 39.0 Å². The standard InChI is InChI=1S/C17H18ClF3N4O/c1-26-11-13-10-15(18)23-16(22-13)25-7-5-24(6-8-25)14-4-2-3-12(9-14)17(19,20)21/h2-4,9-10H,5-8,11H2,1H3. The van der Waals surface area contributed by atoms with E-state index in [1.807, 2.05) is 9.80 Å². The average Bonchev–Trinajstić information content (AvgIpc) is 2.61. The number of alkyl halides is 3. The topological polar surface area (TPSA) is 41.5 Å². The largest absolute Gasteiger partial charge is 0.416 e. The summed E-state index contributed by atoms with van der Waals surface area (Å²) >= 11 is 6.04. The van der Waals surface area contributed by atoms with Crippen molar-refractivity contribution in [2.24, 2.45) is 0 Å². The smallest absolute Gasteiger partial charge is 0.378 e. The van der Waals surface area contributed by atoms with Gasteiger partial charge in [0.05, 0.1) is 17.9 Å². The van der Waals surface area contributed by atoms with Gasteiger partial charge in [-0.3, -0.25) is 0 Å². The van der Waals surface area contributed by atoms with Gasteiger partial charge < -0.3 is 14.5 Å². The molecule has 0 bridgehead atoms. The number of halogens is 4. The highest BCUT2D eigenvalue weighted by molar-refractivity contribution is 6.29. The van der Waals surface area contributed by atoms with Gasteiger partial charge in [0.1, 0.15) is 5.15 Å². The maximum absolute atomic E-state index is 12.9. The van der Waals surface area contributed by atoms with Crippen molar-refractivity contribution in [3.63, 3.8) is 0 Å². The fourth-order valence-corrected chi connectivity index (χ4v) is 3.06. The zero-order chi connectivity index (χ0) is 18.7. The lowest BCUT2D eigenvalue weighted by Crippen LogP contribution is -2.47. The molecule has 3 rings (SSSR count). The molecule has 1 fully saturated rings. The van der Waals surface area contributed by atoms with E-state index in [1.54, 1.807) is 19.2 Å². The maximum atomic E-state index is 12.9. The molecular weight excluding hydrogens is 369 g/mol. The van der Waals surface area contributed by atoms with E-state index in [1.165, 1.54) is 12.1 Å². The molecule has 0 spiro atoms. The lowest BCUT2D eigenvalue weighted by Gasteiger charge is -2.36. The predicted molar refractivity (Wildman–Crippen MR) is 93.6 cm³/mol. The van der Waals surface area contributed by atoms with Crippen LogP contribution in [0, 0.1) is 0 Å². The van der Waals surface area contributed by atoms with E-state index in [0.29, 0.717) is 55.3 Å². The molecule has 1 aliphatic heterocycles. The molecule has 140 valence electrons. The molecule has 0 radical (unpaired) electrons. The molecule has 0 saturated carbocycles. The SMILES string of the molecule is COCc1cc(Cl)nc(N2CCN(c3cccc(C(F)(F)F)c3)CC2)n1. The third-order valence-corrected chi connectivity index (χ3v) is 4.32. The minimum atomic E-state index is -4.34. The van der Waals surface area contributed by atoms with Crippen molar-refractivity contribution in [1.29, 1.82) is 0 Å². The van der Waals surface area contributed by atoms with Crippen LogP contribution in [0.15, 0.2) is 30.3 Å². The first kappa shape index (κ1) is 18.7. The van der Waals surface area contributed by atoms with Crippen molar-refractivity contribution in [2.45, 2.75) is 12.8 Å². The third-order valence-electron chi connectivity index (χ3n) is 4.13. The Hall–Kier alpha value is -2.06. The Morgan fingerprint density at radius 2 is 1.77 bits per heavy atom. The minimum absolute atomic E-state index is 0.333. The first-order chi connectivity index (χ1) is 12.4. The molecule has 0 amide bonds. The van der Waals surface area contributed by atoms with Crippen LogP contribution in [0.4, 0.5) is 24.8 Å². The maximum Gasteiger partial charge on any atom is 0.416 e. The average molecular weight is 387 g/mol. The van der Waals surface area contributed by atoms with Crippen molar-refractivity contribution in [3.05, 3.63) is 46.7 Å². The van der Waals surface area contributed by atoms with Crippen LogP contribution in [0.25, 0.3) is 0 Å². The van der Waals surface area contributed by atoms with Crippen molar-refractivity contribution in [1.82, 2.24) is 9.97 Å². The Kier molecular flexibility index (Phi) is 5.52. The van der Waals surface area contributed by atoms with Gasteiger partial charge in [-0.05, 0) is 24.3 Å². The van der Waals surface area contributed by atoms with Crippen LogP contribution in [0.3, 0.4) is 0 Å². The monoisotopic (exact) mass is 386 g/mol. The van der Waals surface area contributed by atoms with E-state index in [-0.39, 0.29) is 0 Å². The number of methoxy groups -OCH3 is 1. The summed E-state index contributed by atoms with van der Waals surface area (Å²) < 4.78 is 43.7. The first-order valence-corrected chi connectivity index (χ1v) is 8.44. The number of hydrogen-bond acceptors (Lipinski definition) is 5. The van der Waals surface area contributed by atoms with Crippen LogP contribution in [-0.4, -0.2) is 43.3 Å². The summed E-state index contributed by atoms with van der Waals surface area (Å²) in [5.74, 6) is 0.508. The van der Waals surface area contributed by atoms with Crippen LogP contribution in [0.2, 0.25) is 5.15 Å². The lowest BCUT2D eigenvalue weighted by atomic mass is 10.1. The van der Waals surface area contributed by atoms with E-state index in [0.717, 1.165) is 6.07 Å². The summed E-state index contributed by atoms with van der Waals surface area (Å²) in [6.45, 7) is 2.64. The second-order valence-corrected chi connectivity index (χ2v) is 6.32. The number of ether oxygens (including phenoxy) is 1. The summed E-state index contributed by atoms with van der Waals surface area (Å²) in [5.41, 5.74) is 0.606. The van der Waals surface area contributed by atoms with Crippen molar-refractivity contribution in [2.75, 3.05) is 43.1 Å². The number of piperazine rings is 1. The van der Waals surface area contributed by atoms with E-state index < -0.39 is 11.7 Å². The van der Waals surface area contributed by atoms with Crippen LogP contribution in [0.1, 0.15) is 11.3 Å². The van der Waals surface area contributed by atoms with Crippen molar-refractivity contribution < 1.29 is 17.9 Å². The highest BCUT2D eigenvalue weighted by Gasteiger charge is 2.31. The summed E-state index contributed by atoms with van der Waals surface area (Å²) in [5, 5.41) is 0.336. The van der Waals surface area contributed by atoms with Gasteiger partial charge in [-0.25, -0.2) is 9.97 Å². The highest BCUT2D eigenvalue weighted by atomic mass is 35.5. The molecule has 9 heteroatoms. The summed E-state index contributed by atoms with van der Waals surface area (Å²) in [4.78, 5) is 12.6. The molecule has 1 saturated heterocycles. The Bertz CT molecular complexity index is 764.